The largest absolute Gasteiger partial charge is 0.394 e. The van der Waals surface area contributed by atoms with Gasteiger partial charge in [0, 0.05) is 45.1 Å². The molecule has 412 valence electrons. The zero-order chi connectivity index (χ0) is 53.9. The summed E-state index contributed by atoms with van der Waals surface area (Å²) in [4.78, 5) is 95.3. The average Bonchev–Trinajstić information content (AvgIpc) is 3.31. The number of aliphatic imine (C=N–C) groups is 1. The van der Waals surface area contributed by atoms with Crippen LogP contribution in [0.2, 0.25) is 0 Å². The second kappa shape index (κ2) is 38.7. The molecule has 0 aromatic rings. The van der Waals surface area contributed by atoms with Gasteiger partial charge in [-0.2, -0.15) is 0 Å². The van der Waals surface area contributed by atoms with Crippen LogP contribution in [0.15, 0.2) is 4.99 Å². The Labute approximate surface area is 415 Å². The van der Waals surface area contributed by atoms with E-state index in [1.54, 1.807) is 0 Å². The Hall–Kier alpha value is -4.92. The van der Waals surface area contributed by atoms with Crippen LogP contribution in [-0.2, 0) is 33.6 Å². The lowest BCUT2D eigenvalue weighted by molar-refractivity contribution is -0.140. The Bertz CT molecular complexity index is 1600. The maximum Gasteiger partial charge on any atom is 0.252 e. The van der Waals surface area contributed by atoms with Crippen molar-refractivity contribution in [3.05, 3.63) is 0 Å². The number of guanidine groups is 1. The zero-order valence-electron chi connectivity index (χ0n) is 41.4. The van der Waals surface area contributed by atoms with Crippen molar-refractivity contribution in [2.45, 2.75) is 138 Å². The van der Waals surface area contributed by atoms with E-state index in [2.05, 4.69) is 58.2 Å². The van der Waals surface area contributed by atoms with Crippen molar-refractivity contribution < 1.29 is 64.2 Å². The minimum atomic E-state index is -2.01. The highest BCUT2D eigenvalue weighted by molar-refractivity contribution is 5.95. The topological polar surface area (TPSA) is 504 Å². The van der Waals surface area contributed by atoms with Gasteiger partial charge in [-0.3, -0.25) is 38.6 Å². The van der Waals surface area contributed by atoms with Crippen molar-refractivity contribution in [1.82, 2.24) is 53.2 Å². The molecule has 0 bridgehead atoms. The molecular formula is C42H86N16O13. The minimum absolute atomic E-state index is 0.0356. The standard InChI is InChI=1S/C42H86N16O13/c1-24(54-41(71)36(66)32(63)17-25(60)9-6-12-44)37(67)56-29(21-49-3)39(69)58-35(27(45)10-7-15-52-42(46)47)40(70)57-30(23-59)31(62)18-26(61)19-33(64)55-28(20-48-2)38(68)53-22-34(65)51-16-8-14-50-13-5-4-11-43/h24-32,35-36,48-50,59-63,66H,4-23,43-45H2,1-3H3,(H,51,65)(H,53,68)(H,54,71)(H,55,64)(H,56,67)(H,57,70)(H,58,69)(H4,46,47,52). The smallest absolute Gasteiger partial charge is 0.252 e. The molecule has 11 unspecified atom stereocenters. The van der Waals surface area contributed by atoms with Crippen molar-refractivity contribution in [3.8, 4) is 0 Å². The van der Waals surface area contributed by atoms with E-state index in [1.807, 2.05) is 0 Å². The number of amides is 7. The molecule has 0 fully saturated rings. The molecule has 0 spiro atoms. The summed E-state index contributed by atoms with van der Waals surface area (Å²) in [6.45, 7) is 2.62. The van der Waals surface area contributed by atoms with E-state index >= 15 is 0 Å². The third-order valence-corrected chi connectivity index (χ3v) is 10.7. The molecule has 0 heterocycles. The quantitative estimate of drug-likeness (QED) is 0.0154. The van der Waals surface area contributed by atoms with E-state index in [4.69, 9.17) is 28.7 Å². The van der Waals surface area contributed by atoms with Gasteiger partial charge in [0.05, 0.1) is 50.0 Å². The number of nitrogens with zero attached hydrogens (tertiary/aromatic N) is 1. The summed E-state index contributed by atoms with van der Waals surface area (Å²) in [7, 11) is 2.99. The van der Waals surface area contributed by atoms with Crippen molar-refractivity contribution in [2.24, 2.45) is 33.7 Å². The van der Waals surface area contributed by atoms with Crippen LogP contribution in [0.25, 0.3) is 0 Å². The predicted molar refractivity (Wildman–Crippen MR) is 262 cm³/mol. The Morgan fingerprint density at radius 3 is 1.83 bits per heavy atom. The SMILES string of the molecule is CNCC(NC(=O)CC(O)CC(O)C(CO)NC(=O)C(NC(=O)C(CNC)NC(=O)C(C)NC(=O)C(O)C(O)CC(O)CCCN)C(N)CCCN=C(N)N)C(=O)NCC(=O)NCCCNCCCCN. The fourth-order valence-corrected chi connectivity index (χ4v) is 6.71. The summed E-state index contributed by atoms with van der Waals surface area (Å²) in [5.41, 5.74) is 28.1. The number of carbonyl (C=O) groups is 7. The summed E-state index contributed by atoms with van der Waals surface area (Å²) in [5.74, 6) is -6.13. The summed E-state index contributed by atoms with van der Waals surface area (Å²) in [6.07, 6.45) is -6.05. The number of hydrogen-bond donors (Lipinski definition) is 21. The average molecular weight is 1020 g/mol. The van der Waals surface area contributed by atoms with Crippen LogP contribution in [0.3, 0.4) is 0 Å². The number of unbranched alkanes of at least 4 members (excludes halogenated alkanes) is 1. The molecule has 0 saturated carbocycles. The fraction of sp³-hybridized carbons (Fsp3) is 0.810. The molecule has 0 saturated heterocycles. The normalized spacial score (nSPS) is 15.9. The summed E-state index contributed by atoms with van der Waals surface area (Å²) < 4.78 is 0. The first-order valence-corrected chi connectivity index (χ1v) is 23.9. The third kappa shape index (κ3) is 29.9. The molecule has 0 aromatic carbocycles. The minimum Gasteiger partial charge on any atom is -0.394 e. The Balaban J connectivity index is 5.71. The van der Waals surface area contributed by atoms with Gasteiger partial charge in [-0.15, -0.1) is 0 Å². The highest BCUT2D eigenvalue weighted by Crippen LogP contribution is 2.11. The van der Waals surface area contributed by atoms with E-state index in [9.17, 15) is 64.2 Å². The molecular weight excluding hydrogens is 937 g/mol. The number of likely N-dealkylation sites (N-methyl/N-ethyl adjacent to an activating group) is 2. The molecule has 0 aliphatic rings. The second-order valence-electron chi connectivity index (χ2n) is 17.1. The molecule has 71 heavy (non-hydrogen) atoms. The lowest BCUT2D eigenvalue weighted by atomic mass is 9.99. The Morgan fingerprint density at radius 1 is 0.606 bits per heavy atom. The monoisotopic (exact) mass is 1020 g/mol. The van der Waals surface area contributed by atoms with Gasteiger partial charge in [0.2, 0.25) is 35.4 Å². The molecule has 11 atom stereocenters. The van der Waals surface area contributed by atoms with Gasteiger partial charge in [-0.1, -0.05) is 0 Å². The van der Waals surface area contributed by atoms with E-state index in [-0.39, 0.29) is 64.4 Å². The van der Waals surface area contributed by atoms with Crippen LogP contribution in [0.4, 0.5) is 0 Å². The number of hydrogen-bond acceptors (Lipinski definition) is 20. The van der Waals surface area contributed by atoms with Gasteiger partial charge in [-0.25, -0.2) is 0 Å². The third-order valence-electron chi connectivity index (χ3n) is 10.7. The van der Waals surface area contributed by atoms with E-state index < -0.39 is 128 Å². The van der Waals surface area contributed by atoms with Gasteiger partial charge in [0.15, 0.2) is 12.1 Å². The number of rotatable bonds is 41. The number of aliphatic hydroxyl groups is 6. The summed E-state index contributed by atoms with van der Waals surface area (Å²) in [5, 5.41) is 88.4. The first kappa shape index (κ1) is 66.1. The van der Waals surface area contributed by atoms with Gasteiger partial charge in [0.25, 0.3) is 5.91 Å². The first-order valence-electron chi connectivity index (χ1n) is 23.9. The van der Waals surface area contributed by atoms with Crippen LogP contribution < -0.4 is 81.8 Å². The molecule has 0 aliphatic heterocycles. The molecule has 29 heteroatoms. The van der Waals surface area contributed by atoms with Crippen molar-refractivity contribution in [1.29, 1.82) is 0 Å². The van der Waals surface area contributed by atoms with Gasteiger partial charge in [0.1, 0.15) is 24.2 Å². The lowest BCUT2D eigenvalue weighted by Crippen LogP contribution is -2.63. The first-order chi connectivity index (χ1) is 33.6. The van der Waals surface area contributed by atoms with Gasteiger partial charge in [-0.05, 0) is 92.1 Å². The molecule has 0 aliphatic carbocycles. The van der Waals surface area contributed by atoms with E-state index in [0.29, 0.717) is 32.5 Å². The number of nitrogens with two attached hydrogens (primary N) is 5. The van der Waals surface area contributed by atoms with Crippen molar-refractivity contribution in [3.63, 3.8) is 0 Å². The maximum absolute atomic E-state index is 13.8. The molecule has 0 rings (SSSR count). The zero-order valence-corrected chi connectivity index (χ0v) is 41.4. The van der Waals surface area contributed by atoms with Crippen molar-refractivity contribution >= 4 is 47.3 Å². The number of carbonyl (C=O) groups excluding carboxylic acids is 7. The molecule has 0 aromatic heterocycles. The van der Waals surface area contributed by atoms with Gasteiger partial charge < -0.3 is 112 Å². The van der Waals surface area contributed by atoms with Crippen molar-refractivity contribution in [2.75, 3.05) is 79.6 Å². The fourth-order valence-electron chi connectivity index (χ4n) is 6.71. The highest BCUT2D eigenvalue weighted by Gasteiger charge is 2.35. The summed E-state index contributed by atoms with van der Waals surface area (Å²) >= 11 is 0. The highest BCUT2D eigenvalue weighted by atomic mass is 16.3. The lowest BCUT2D eigenvalue weighted by Gasteiger charge is -2.30. The van der Waals surface area contributed by atoms with E-state index in [1.165, 1.54) is 21.0 Å². The Morgan fingerprint density at radius 2 is 1.23 bits per heavy atom. The van der Waals surface area contributed by atoms with Crippen LogP contribution in [-0.4, -0.2) is 224 Å². The molecule has 7 amide bonds. The van der Waals surface area contributed by atoms with Crippen LogP contribution in [0.1, 0.15) is 71.1 Å². The van der Waals surface area contributed by atoms with Gasteiger partial charge >= 0.3 is 0 Å². The van der Waals surface area contributed by atoms with Crippen LogP contribution >= 0.6 is 0 Å². The van der Waals surface area contributed by atoms with Crippen LogP contribution in [0.5, 0.6) is 0 Å². The predicted octanol–water partition coefficient (Wildman–Crippen LogP) is -10.1. The number of nitrogens with one attached hydrogen (secondary N) is 10. The molecule has 26 N–H and O–H groups in total. The summed E-state index contributed by atoms with van der Waals surface area (Å²) in [6, 6.07) is -8.18. The van der Waals surface area contributed by atoms with Crippen LogP contribution in [0, 0.1) is 0 Å². The molecule has 29 nitrogen and oxygen atoms in total. The second-order valence-corrected chi connectivity index (χ2v) is 17.1. The Kier molecular flexibility index (Phi) is 36.0. The van der Waals surface area contributed by atoms with E-state index in [0.717, 1.165) is 19.4 Å². The number of aliphatic hydroxyl groups excluding tert-OH is 6. The molecule has 0 radical (unpaired) electrons. The maximum atomic E-state index is 13.8.